The summed E-state index contributed by atoms with van der Waals surface area (Å²) in [5, 5.41) is 5.80. The average molecular weight is 375 g/mol. The summed E-state index contributed by atoms with van der Waals surface area (Å²) in [5.74, 6) is -0.284. The molecule has 0 atom stereocenters. The number of amides is 1. The molecule has 6 nitrogen and oxygen atoms in total. The van der Waals surface area contributed by atoms with E-state index in [1.807, 2.05) is 20.0 Å². The number of anilines is 1. The molecule has 26 heavy (non-hydrogen) atoms. The van der Waals surface area contributed by atoms with Crippen molar-refractivity contribution in [1.29, 1.82) is 0 Å². The van der Waals surface area contributed by atoms with Gasteiger partial charge in [-0.2, -0.15) is 0 Å². The monoisotopic (exact) mass is 375 g/mol. The Labute approximate surface area is 155 Å². The SMILES string of the molecule is CNCCCNC(=O)c1ccc(C)c(S(=O)(=O)Nc2cccc(C)c2)c1. The lowest BCUT2D eigenvalue weighted by molar-refractivity contribution is 0.0953. The molecule has 0 unspecified atom stereocenters. The summed E-state index contributed by atoms with van der Waals surface area (Å²) in [6, 6.07) is 11.8. The molecule has 0 aliphatic rings. The topological polar surface area (TPSA) is 87.3 Å². The third-order valence-electron chi connectivity index (χ3n) is 3.90. The second kappa shape index (κ2) is 8.82. The fourth-order valence-electron chi connectivity index (χ4n) is 2.52. The van der Waals surface area contributed by atoms with Gasteiger partial charge in [0.15, 0.2) is 0 Å². The predicted octanol–water partition coefficient (Wildman–Crippen LogP) is 2.44. The molecular weight excluding hydrogens is 350 g/mol. The zero-order chi connectivity index (χ0) is 19.2. The van der Waals surface area contributed by atoms with Gasteiger partial charge in [-0.05, 0) is 69.3 Å². The van der Waals surface area contributed by atoms with Crippen molar-refractivity contribution in [3.63, 3.8) is 0 Å². The highest BCUT2D eigenvalue weighted by molar-refractivity contribution is 7.92. The molecule has 2 aromatic rings. The maximum Gasteiger partial charge on any atom is 0.262 e. The van der Waals surface area contributed by atoms with Crippen molar-refractivity contribution < 1.29 is 13.2 Å². The summed E-state index contributed by atoms with van der Waals surface area (Å²) in [5.41, 5.74) is 2.35. The second-order valence-electron chi connectivity index (χ2n) is 6.17. The van der Waals surface area contributed by atoms with Gasteiger partial charge in [0.1, 0.15) is 0 Å². The van der Waals surface area contributed by atoms with Crippen LogP contribution in [0.3, 0.4) is 0 Å². The largest absolute Gasteiger partial charge is 0.352 e. The number of aryl methyl sites for hydroxylation is 2. The summed E-state index contributed by atoms with van der Waals surface area (Å²) < 4.78 is 28.1. The van der Waals surface area contributed by atoms with Crippen LogP contribution in [0.15, 0.2) is 47.4 Å². The van der Waals surface area contributed by atoms with E-state index in [9.17, 15) is 13.2 Å². The molecule has 140 valence electrons. The second-order valence-corrected chi connectivity index (χ2v) is 7.82. The van der Waals surface area contributed by atoms with Crippen molar-refractivity contribution in [1.82, 2.24) is 10.6 Å². The van der Waals surface area contributed by atoms with E-state index in [-0.39, 0.29) is 10.8 Å². The van der Waals surface area contributed by atoms with Gasteiger partial charge in [0.25, 0.3) is 15.9 Å². The van der Waals surface area contributed by atoms with Crippen molar-refractivity contribution in [2.24, 2.45) is 0 Å². The van der Waals surface area contributed by atoms with E-state index >= 15 is 0 Å². The Bertz CT molecular complexity index is 879. The van der Waals surface area contributed by atoms with Crippen LogP contribution < -0.4 is 15.4 Å². The minimum absolute atomic E-state index is 0.0990. The number of nitrogens with one attached hydrogen (secondary N) is 3. The highest BCUT2D eigenvalue weighted by atomic mass is 32.2. The van der Waals surface area contributed by atoms with Crippen LogP contribution in [0.2, 0.25) is 0 Å². The van der Waals surface area contributed by atoms with Gasteiger partial charge in [0.2, 0.25) is 0 Å². The van der Waals surface area contributed by atoms with Crippen molar-refractivity contribution in [3.05, 3.63) is 59.2 Å². The van der Waals surface area contributed by atoms with Gasteiger partial charge < -0.3 is 10.6 Å². The first kappa shape index (κ1) is 19.9. The van der Waals surface area contributed by atoms with Crippen LogP contribution in [0, 0.1) is 13.8 Å². The lowest BCUT2D eigenvalue weighted by atomic mass is 10.1. The van der Waals surface area contributed by atoms with Crippen LogP contribution in [-0.4, -0.2) is 34.5 Å². The molecule has 0 spiro atoms. The third-order valence-corrected chi connectivity index (χ3v) is 5.42. The summed E-state index contributed by atoms with van der Waals surface area (Å²) >= 11 is 0. The van der Waals surface area contributed by atoms with Crippen LogP contribution in [0.4, 0.5) is 5.69 Å². The quantitative estimate of drug-likeness (QED) is 0.619. The van der Waals surface area contributed by atoms with Gasteiger partial charge in [0.05, 0.1) is 4.90 Å². The third kappa shape index (κ3) is 5.31. The number of rotatable bonds is 8. The van der Waals surface area contributed by atoms with E-state index in [1.165, 1.54) is 6.07 Å². The number of hydrogen-bond acceptors (Lipinski definition) is 4. The average Bonchev–Trinajstić information content (AvgIpc) is 2.58. The molecule has 0 aliphatic carbocycles. The zero-order valence-electron chi connectivity index (χ0n) is 15.3. The van der Waals surface area contributed by atoms with E-state index in [4.69, 9.17) is 0 Å². The number of hydrogen-bond donors (Lipinski definition) is 3. The van der Waals surface area contributed by atoms with Crippen molar-refractivity contribution in [2.75, 3.05) is 24.9 Å². The van der Waals surface area contributed by atoms with Gasteiger partial charge in [-0.3, -0.25) is 9.52 Å². The maximum absolute atomic E-state index is 12.8. The number of carbonyl (C=O) groups excluding carboxylic acids is 1. The molecule has 2 rings (SSSR count). The minimum Gasteiger partial charge on any atom is -0.352 e. The van der Waals surface area contributed by atoms with E-state index in [2.05, 4.69) is 15.4 Å². The Hall–Kier alpha value is -2.38. The minimum atomic E-state index is -3.79. The van der Waals surface area contributed by atoms with Crippen molar-refractivity contribution in [3.8, 4) is 0 Å². The Morgan fingerprint density at radius 3 is 2.50 bits per heavy atom. The first-order valence-corrected chi connectivity index (χ1v) is 9.95. The lowest BCUT2D eigenvalue weighted by Gasteiger charge is -2.12. The van der Waals surface area contributed by atoms with Crippen LogP contribution in [-0.2, 0) is 10.0 Å². The van der Waals surface area contributed by atoms with Gasteiger partial charge in [0, 0.05) is 17.8 Å². The molecule has 0 heterocycles. The van der Waals surface area contributed by atoms with Crippen LogP contribution >= 0.6 is 0 Å². The zero-order valence-corrected chi connectivity index (χ0v) is 16.1. The van der Waals surface area contributed by atoms with E-state index in [1.54, 1.807) is 37.3 Å². The Morgan fingerprint density at radius 1 is 1.04 bits per heavy atom. The van der Waals surface area contributed by atoms with Crippen LogP contribution in [0.25, 0.3) is 0 Å². The molecule has 0 radical (unpaired) electrons. The van der Waals surface area contributed by atoms with Gasteiger partial charge in [-0.15, -0.1) is 0 Å². The van der Waals surface area contributed by atoms with Crippen LogP contribution in [0.1, 0.15) is 27.9 Å². The molecule has 0 saturated heterocycles. The van der Waals surface area contributed by atoms with E-state index in [0.29, 0.717) is 23.4 Å². The van der Waals surface area contributed by atoms with Gasteiger partial charge in [-0.1, -0.05) is 18.2 Å². The molecule has 1 amide bonds. The highest BCUT2D eigenvalue weighted by Crippen LogP contribution is 2.21. The molecule has 0 aliphatic heterocycles. The van der Waals surface area contributed by atoms with Crippen LogP contribution in [0.5, 0.6) is 0 Å². The maximum atomic E-state index is 12.8. The summed E-state index contributed by atoms with van der Waals surface area (Å²) in [7, 11) is -1.94. The molecule has 0 fully saturated rings. The number of benzene rings is 2. The fourth-order valence-corrected chi connectivity index (χ4v) is 3.84. The summed E-state index contributed by atoms with van der Waals surface area (Å²) in [6.07, 6.45) is 0.800. The molecule has 0 aromatic heterocycles. The molecule has 2 aromatic carbocycles. The Kier molecular flexibility index (Phi) is 6.76. The molecule has 0 bridgehead atoms. The fraction of sp³-hybridized carbons (Fsp3) is 0.316. The first-order chi connectivity index (χ1) is 12.3. The number of carbonyl (C=O) groups is 1. The Morgan fingerprint density at radius 2 is 1.81 bits per heavy atom. The molecular formula is C19H25N3O3S. The molecule has 3 N–H and O–H groups in total. The first-order valence-electron chi connectivity index (χ1n) is 8.46. The van der Waals surface area contributed by atoms with Gasteiger partial charge in [-0.25, -0.2) is 8.42 Å². The van der Waals surface area contributed by atoms with E-state index < -0.39 is 10.0 Å². The standard InChI is InChI=1S/C19H25N3O3S/c1-14-6-4-7-17(12-14)22-26(24,25)18-13-16(9-8-15(18)2)19(23)21-11-5-10-20-3/h4,6-9,12-13,20,22H,5,10-11H2,1-3H3,(H,21,23). The summed E-state index contributed by atoms with van der Waals surface area (Å²) in [4.78, 5) is 12.4. The number of sulfonamides is 1. The smallest absolute Gasteiger partial charge is 0.262 e. The highest BCUT2D eigenvalue weighted by Gasteiger charge is 2.19. The predicted molar refractivity (Wildman–Crippen MR) is 104 cm³/mol. The lowest BCUT2D eigenvalue weighted by Crippen LogP contribution is -2.27. The molecule has 0 saturated carbocycles. The van der Waals surface area contributed by atoms with Crippen molar-refractivity contribution >= 4 is 21.6 Å². The molecule has 7 heteroatoms. The normalized spacial score (nSPS) is 11.2. The Balaban J connectivity index is 2.21. The van der Waals surface area contributed by atoms with Crippen molar-refractivity contribution in [2.45, 2.75) is 25.2 Å². The van der Waals surface area contributed by atoms with Gasteiger partial charge >= 0.3 is 0 Å². The van der Waals surface area contributed by atoms with E-state index in [0.717, 1.165) is 18.5 Å². The summed E-state index contributed by atoms with van der Waals surface area (Å²) in [6.45, 7) is 4.92.